The molecule has 1 atom stereocenters. The van der Waals surface area contributed by atoms with E-state index in [2.05, 4.69) is 15.9 Å². The van der Waals surface area contributed by atoms with Crippen molar-refractivity contribution < 1.29 is 14.3 Å². The first-order valence-corrected chi connectivity index (χ1v) is 11.0. The first-order valence-electron chi connectivity index (χ1n) is 11.0. The smallest absolute Gasteiger partial charge is 0.410 e. The van der Waals surface area contributed by atoms with Crippen LogP contribution >= 0.6 is 0 Å². The molecule has 2 aromatic rings. The number of rotatable bonds is 5. The molecular weight excluding hydrogens is 392 g/mol. The number of piperidine rings is 1. The van der Waals surface area contributed by atoms with E-state index in [4.69, 9.17) is 15.2 Å². The van der Waals surface area contributed by atoms with Crippen molar-refractivity contribution in [3.8, 4) is 5.75 Å². The number of carbonyl (C=O) groups excluding carboxylic acids is 1. The van der Waals surface area contributed by atoms with Gasteiger partial charge in [0.15, 0.2) is 0 Å². The van der Waals surface area contributed by atoms with E-state index in [0.29, 0.717) is 31.4 Å². The molecule has 1 amide bonds. The van der Waals surface area contributed by atoms with E-state index in [1.165, 1.54) is 6.42 Å². The number of anilines is 2. The molecule has 0 aromatic heterocycles. The van der Waals surface area contributed by atoms with E-state index in [-0.39, 0.29) is 6.09 Å². The molecule has 4 rings (SSSR count). The van der Waals surface area contributed by atoms with Gasteiger partial charge >= 0.3 is 6.09 Å². The van der Waals surface area contributed by atoms with Gasteiger partial charge < -0.3 is 25.0 Å². The third kappa shape index (κ3) is 5.22. The number of hydrogen-bond acceptors (Lipinski definition) is 6. The molecule has 2 saturated heterocycles. The number of nitrogens with two attached hydrogens (primary N) is 1. The Morgan fingerprint density at radius 3 is 2.58 bits per heavy atom. The van der Waals surface area contributed by atoms with Crippen molar-refractivity contribution in [2.24, 2.45) is 0 Å². The van der Waals surface area contributed by atoms with E-state index in [1.807, 2.05) is 47.4 Å². The summed E-state index contributed by atoms with van der Waals surface area (Å²) in [6, 6.07) is 16.3. The highest BCUT2D eigenvalue weighted by Gasteiger charge is 2.30. The first-order chi connectivity index (χ1) is 15.1. The molecule has 7 nitrogen and oxygen atoms in total. The average Bonchev–Trinajstić information content (AvgIpc) is 2.83. The fraction of sp³-hybridized carbons (Fsp3) is 0.458. The lowest BCUT2D eigenvalue weighted by Crippen LogP contribution is -2.56. The Balaban J connectivity index is 1.28. The molecule has 166 valence electrons. The Hall–Kier alpha value is -2.93. The second-order valence-electron chi connectivity index (χ2n) is 8.23. The topological polar surface area (TPSA) is 71.3 Å². The van der Waals surface area contributed by atoms with Gasteiger partial charge in [0.2, 0.25) is 0 Å². The Labute approximate surface area is 184 Å². The minimum atomic E-state index is -0.220. The van der Waals surface area contributed by atoms with Crippen LogP contribution in [0.5, 0.6) is 5.75 Å². The summed E-state index contributed by atoms with van der Waals surface area (Å²) < 4.78 is 10.9. The average molecular weight is 425 g/mol. The van der Waals surface area contributed by atoms with Crippen LogP contribution in [0.15, 0.2) is 48.5 Å². The third-order valence-corrected chi connectivity index (χ3v) is 6.27. The quantitative estimate of drug-likeness (QED) is 0.744. The van der Waals surface area contributed by atoms with Crippen molar-refractivity contribution in [2.75, 3.05) is 57.0 Å². The van der Waals surface area contributed by atoms with Crippen molar-refractivity contribution >= 4 is 17.5 Å². The highest BCUT2D eigenvalue weighted by atomic mass is 16.6. The summed E-state index contributed by atoms with van der Waals surface area (Å²) in [4.78, 5) is 19.2. The van der Waals surface area contributed by atoms with E-state index in [0.717, 1.165) is 49.6 Å². The molecule has 0 aliphatic carbocycles. The van der Waals surface area contributed by atoms with Crippen LogP contribution in [0.2, 0.25) is 0 Å². The van der Waals surface area contributed by atoms with Gasteiger partial charge in [-0.1, -0.05) is 30.3 Å². The molecule has 2 aliphatic rings. The Morgan fingerprint density at radius 1 is 1.06 bits per heavy atom. The maximum Gasteiger partial charge on any atom is 0.410 e. The molecule has 7 heteroatoms. The number of benzene rings is 2. The van der Waals surface area contributed by atoms with Gasteiger partial charge in [0.05, 0.1) is 12.8 Å². The zero-order valence-corrected chi connectivity index (χ0v) is 18.2. The third-order valence-electron chi connectivity index (χ3n) is 6.27. The number of nitrogen functional groups attached to an aromatic ring is 1. The van der Waals surface area contributed by atoms with Crippen LogP contribution in [0.25, 0.3) is 0 Å². The van der Waals surface area contributed by atoms with Crippen molar-refractivity contribution in [1.29, 1.82) is 0 Å². The minimum absolute atomic E-state index is 0.220. The maximum absolute atomic E-state index is 12.4. The van der Waals surface area contributed by atoms with Crippen LogP contribution in [-0.4, -0.2) is 68.3 Å². The van der Waals surface area contributed by atoms with Gasteiger partial charge in [0, 0.05) is 57.1 Å². The molecular formula is C24H32N4O3. The predicted molar refractivity (Wildman–Crippen MR) is 122 cm³/mol. The molecule has 31 heavy (non-hydrogen) atoms. The van der Waals surface area contributed by atoms with Crippen LogP contribution in [0.3, 0.4) is 0 Å². The van der Waals surface area contributed by atoms with Crippen LogP contribution in [0.1, 0.15) is 18.4 Å². The number of methoxy groups -OCH3 is 1. The molecule has 0 saturated carbocycles. The van der Waals surface area contributed by atoms with Gasteiger partial charge in [-0.25, -0.2) is 4.79 Å². The summed E-state index contributed by atoms with van der Waals surface area (Å²) in [6.07, 6.45) is 2.11. The van der Waals surface area contributed by atoms with Gasteiger partial charge in [-0.3, -0.25) is 4.90 Å². The van der Waals surface area contributed by atoms with Crippen molar-refractivity contribution in [2.45, 2.75) is 25.5 Å². The monoisotopic (exact) mass is 424 g/mol. The van der Waals surface area contributed by atoms with Crippen LogP contribution in [0.4, 0.5) is 16.2 Å². The Morgan fingerprint density at radius 2 is 1.84 bits per heavy atom. The normalized spacial score (nSPS) is 19.8. The molecule has 1 unspecified atom stereocenters. The van der Waals surface area contributed by atoms with Crippen molar-refractivity contribution in [3.63, 3.8) is 0 Å². The van der Waals surface area contributed by atoms with E-state index in [9.17, 15) is 4.79 Å². The highest BCUT2D eigenvalue weighted by molar-refractivity contribution is 5.67. The zero-order chi connectivity index (χ0) is 21.6. The van der Waals surface area contributed by atoms with Gasteiger partial charge in [0.1, 0.15) is 12.4 Å². The van der Waals surface area contributed by atoms with Gasteiger partial charge in [-0.15, -0.1) is 0 Å². The van der Waals surface area contributed by atoms with Crippen LogP contribution in [0, 0.1) is 0 Å². The summed E-state index contributed by atoms with van der Waals surface area (Å²) in [7, 11) is 1.65. The SMILES string of the molecule is COc1cc(N2CCCC(N3CCN(C(=O)OCc4ccccc4)CC3)C2)ccc1N. The molecule has 0 bridgehead atoms. The minimum Gasteiger partial charge on any atom is -0.495 e. The van der Waals surface area contributed by atoms with Crippen LogP contribution < -0.4 is 15.4 Å². The molecule has 2 aromatic carbocycles. The second-order valence-corrected chi connectivity index (χ2v) is 8.23. The number of ether oxygens (including phenoxy) is 2. The molecule has 0 spiro atoms. The standard InChI is InChI=1S/C24H32N4O3/c1-30-23-16-20(9-10-22(23)25)28-11-5-8-21(17-28)26-12-14-27(15-13-26)24(29)31-18-19-6-3-2-4-7-19/h2-4,6-7,9-10,16,21H,5,8,11-15,17-18,25H2,1H3. The van der Waals surface area contributed by atoms with Gasteiger partial charge in [0.25, 0.3) is 0 Å². The summed E-state index contributed by atoms with van der Waals surface area (Å²) in [5, 5.41) is 0. The summed E-state index contributed by atoms with van der Waals surface area (Å²) in [6.45, 7) is 5.51. The number of hydrogen-bond donors (Lipinski definition) is 1. The van der Waals surface area contributed by atoms with Gasteiger partial charge in [-0.05, 0) is 30.5 Å². The Kier molecular flexibility index (Phi) is 6.82. The fourth-order valence-corrected chi connectivity index (χ4v) is 4.46. The fourth-order valence-electron chi connectivity index (χ4n) is 4.46. The lowest BCUT2D eigenvalue weighted by atomic mass is 10.0. The van der Waals surface area contributed by atoms with Crippen LogP contribution in [-0.2, 0) is 11.3 Å². The number of nitrogens with zero attached hydrogens (tertiary/aromatic N) is 3. The number of carbonyl (C=O) groups is 1. The van der Waals surface area contributed by atoms with Crippen molar-refractivity contribution in [3.05, 3.63) is 54.1 Å². The van der Waals surface area contributed by atoms with Crippen molar-refractivity contribution in [1.82, 2.24) is 9.80 Å². The van der Waals surface area contributed by atoms with E-state index in [1.54, 1.807) is 7.11 Å². The molecule has 0 radical (unpaired) electrons. The maximum atomic E-state index is 12.4. The molecule has 2 heterocycles. The Bertz CT molecular complexity index is 868. The largest absolute Gasteiger partial charge is 0.495 e. The summed E-state index contributed by atoms with van der Waals surface area (Å²) in [5.41, 5.74) is 8.80. The predicted octanol–water partition coefficient (Wildman–Crippen LogP) is 3.20. The summed E-state index contributed by atoms with van der Waals surface area (Å²) >= 11 is 0. The summed E-state index contributed by atoms with van der Waals surface area (Å²) in [5.74, 6) is 0.724. The lowest BCUT2D eigenvalue weighted by Gasteiger charge is -2.43. The van der Waals surface area contributed by atoms with E-state index >= 15 is 0 Å². The van der Waals surface area contributed by atoms with E-state index < -0.39 is 0 Å². The number of amides is 1. The lowest BCUT2D eigenvalue weighted by molar-refractivity contribution is 0.0571. The molecule has 2 aliphatic heterocycles. The molecule has 2 N–H and O–H groups in total. The zero-order valence-electron chi connectivity index (χ0n) is 18.2. The highest BCUT2D eigenvalue weighted by Crippen LogP contribution is 2.30. The second kappa shape index (κ2) is 9.92. The molecule has 2 fully saturated rings. The number of piperazine rings is 1. The first kappa shape index (κ1) is 21.3. The van der Waals surface area contributed by atoms with Gasteiger partial charge in [-0.2, -0.15) is 0 Å².